The van der Waals surface area contributed by atoms with Crippen molar-refractivity contribution in [2.24, 2.45) is 0 Å². The zero-order chi connectivity index (χ0) is 13.0. The first kappa shape index (κ1) is 13.7. The van der Waals surface area contributed by atoms with E-state index in [1.807, 2.05) is 13.8 Å². The zero-order valence-corrected chi connectivity index (χ0v) is 10.8. The van der Waals surface area contributed by atoms with E-state index in [1.165, 1.54) is 0 Å². The average Bonchev–Trinajstić information content (AvgIpc) is 2.32. The van der Waals surface area contributed by atoms with E-state index < -0.39 is 4.92 Å². The van der Waals surface area contributed by atoms with E-state index in [0.29, 0.717) is 15.9 Å². The van der Waals surface area contributed by atoms with Crippen molar-refractivity contribution in [1.82, 2.24) is 4.98 Å². The zero-order valence-electron chi connectivity index (χ0n) is 9.28. The Balaban J connectivity index is 0.000000686. The lowest BCUT2D eigenvalue weighted by atomic mass is 10.2. The molecule has 0 saturated carbocycles. The second-order valence-corrected chi connectivity index (χ2v) is 3.69. The first-order valence-electron chi connectivity index (χ1n) is 4.98. The summed E-state index contributed by atoms with van der Waals surface area (Å²) in [5.41, 5.74) is 0.362. The smallest absolute Gasteiger partial charge is 0.258 e. The highest BCUT2D eigenvalue weighted by Gasteiger charge is 2.15. The lowest BCUT2D eigenvalue weighted by molar-refractivity contribution is -0.384. The maximum Gasteiger partial charge on any atom is 0.306 e. The van der Waals surface area contributed by atoms with Crippen LogP contribution in [0.25, 0.3) is 10.9 Å². The van der Waals surface area contributed by atoms with Gasteiger partial charge in [0.25, 0.3) is 0 Å². The van der Waals surface area contributed by atoms with E-state index in [9.17, 15) is 10.1 Å². The summed E-state index contributed by atoms with van der Waals surface area (Å²) in [4.78, 5) is 13.9. The van der Waals surface area contributed by atoms with E-state index in [2.05, 4.69) is 4.98 Å². The van der Waals surface area contributed by atoms with Crippen molar-refractivity contribution >= 4 is 39.8 Å². The van der Waals surface area contributed by atoms with Gasteiger partial charge in [-0.3, -0.25) is 10.1 Å². The van der Waals surface area contributed by atoms with Gasteiger partial charge < -0.3 is 0 Å². The Morgan fingerprint density at radius 1 is 1.29 bits per heavy atom. The Bertz CT molecular complexity index is 558. The van der Waals surface area contributed by atoms with E-state index >= 15 is 0 Å². The predicted molar refractivity (Wildman–Crippen MR) is 69.8 cm³/mol. The second kappa shape index (κ2) is 5.80. The molecule has 2 aromatic rings. The summed E-state index contributed by atoms with van der Waals surface area (Å²) >= 11 is 11.6. The summed E-state index contributed by atoms with van der Waals surface area (Å²) in [6.07, 6.45) is 1.14. The highest BCUT2D eigenvalue weighted by Crippen LogP contribution is 2.32. The van der Waals surface area contributed by atoms with Crippen LogP contribution in [0, 0.1) is 10.1 Å². The van der Waals surface area contributed by atoms with Crippen molar-refractivity contribution in [2.45, 2.75) is 13.8 Å². The van der Waals surface area contributed by atoms with Crippen LogP contribution in [0.3, 0.4) is 0 Å². The number of nitro groups is 1. The highest BCUT2D eigenvalue weighted by atomic mass is 35.5. The Morgan fingerprint density at radius 3 is 2.53 bits per heavy atom. The number of rotatable bonds is 1. The molecule has 6 heteroatoms. The van der Waals surface area contributed by atoms with E-state index in [1.54, 1.807) is 18.2 Å². The van der Waals surface area contributed by atoms with Crippen LogP contribution in [0.2, 0.25) is 10.0 Å². The number of halogens is 2. The molecular weight excluding hydrogens is 263 g/mol. The van der Waals surface area contributed by atoms with Crippen molar-refractivity contribution in [3.63, 3.8) is 0 Å². The molecule has 1 aromatic heterocycles. The summed E-state index contributed by atoms with van der Waals surface area (Å²) in [6, 6.07) is 4.87. The molecule has 0 aliphatic carbocycles. The topological polar surface area (TPSA) is 56.0 Å². The van der Waals surface area contributed by atoms with Crippen LogP contribution < -0.4 is 0 Å². The highest BCUT2D eigenvalue weighted by molar-refractivity contribution is 6.38. The first-order valence-corrected chi connectivity index (χ1v) is 5.73. The fourth-order valence-electron chi connectivity index (χ4n) is 1.25. The van der Waals surface area contributed by atoms with Crippen molar-refractivity contribution in [3.8, 4) is 0 Å². The molecule has 0 saturated heterocycles. The monoisotopic (exact) mass is 272 g/mol. The summed E-state index contributed by atoms with van der Waals surface area (Å²) in [7, 11) is 0. The van der Waals surface area contributed by atoms with Gasteiger partial charge in [-0.05, 0) is 18.2 Å². The Hall–Kier alpha value is -1.39. The van der Waals surface area contributed by atoms with Crippen LogP contribution in [-0.4, -0.2) is 9.91 Å². The van der Waals surface area contributed by atoms with Gasteiger partial charge >= 0.3 is 5.69 Å². The van der Waals surface area contributed by atoms with Crippen LogP contribution in [0.1, 0.15) is 13.8 Å². The number of fused-ring (bicyclic) bond motifs is 1. The van der Waals surface area contributed by atoms with Crippen LogP contribution in [0.5, 0.6) is 0 Å². The summed E-state index contributed by atoms with van der Waals surface area (Å²) in [5.74, 6) is 0. The van der Waals surface area contributed by atoms with Gasteiger partial charge in [-0.25, -0.2) is 4.98 Å². The number of hydrogen-bond donors (Lipinski definition) is 0. The van der Waals surface area contributed by atoms with E-state index in [4.69, 9.17) is 23.2 Å². The fourth-order valence-corrected chi connectivity index (χ4v) is 1.69. The third kappa shape index (κ3) is 2.84. The molecule has 2 rings (SSSR count). The molecule has 1 heterocycles. The Kier molecular flexibility index (Phi) is 4.66. The molecule has 1 aromatic carbocycles. The molecule has 0 N–H and O–H groups in total. The number of aromatic nitrogens is 1. The average molecular weight is 273 g/mol. The molecule has 17 heavy (non-hydrogen) atoms. The predicted octanol–water partition coefficient (Wildman–Crippen LogP) is 4.48. The SMILES string of the molecule is CC.O=[N+]([O-])c1cnc2ccc(Cl)cc2c1Cl. The van der Waals surface area contributed by atoms with Gasteiger partial charge in [-0.15, -0.1) is 0 Å². The molecule has 0 bridgehead atoms. The number of nitrogens with zero attached hydrogens (tertiary/aromatic N) is 2. The van der Waals surface area contributed by atoms with Crippen LogP contribution in [0.4, 0.5) is 5.69 Å². The molecule has 0 unspecified atom stereocenters. The van der Waals surface area contributed by atoms with Gasteiger partial charge in [0.05, 0.1) is 10.4 Å². The number of benzene rings is 1. The minimum Gasteiger partial charge on any atom is -0.258 e. The van der Waals surface area contributed by atoms with Crippen molar-refractivity contribution in [1.29, 1.82) is 0 Å². The van der Waals surface area contributed by atoms with Crippen molar-refractivity contribution in [3.05, 3.63) is 44.6 Å². The molecule has 0 atom stereocenters. The van der Waals surface area contributed by atoms with E-state index in [-0.39, 0.29) is 10.7 Å². The third-order valence-corrected chi connectivity index (χ3v) is 2.57. The summed E-state index contributed by atoms with van der Waals surface area (Å²) in [6.45, 7) is 4.00. The van der Waals surface area contributed by atoms with Crippen LogP contribution in [-0.2, 0) is 0 Å². The molecule has 0 radical (unpaired) electrons. The van der Waals surface area contributed by atoms with Crippen molar-refractivity contribution < 1.29 is 4.92 Å². The minimum absolute atomic E-state index is 0.0625. The number of pyridine rings is 1. The first-order chi connectivity index (χ1) is 8.09. The van der Waals surface area contributed by atoms with Gasteiger partial charge in [0.2, 0.25) is 0 Å². The third-order valence-electron chi connectivity index (χ3n) is 1.94. The summed E-state index contributed by atoms with van der Waals surface area (Å²) in [5, 5.41) is 11.6. The molecule has 90 valence electrons. The lowest BCUT2D eigenvalue weighted by Crippen LogP contribution is -1.91. The fraction of sp³-hybridized carbons (Fsp3) is 0.182. The van der Waals surface area contributed by atoms with Gasteiger partial charge in [0, 0.05) is 10.4 Å². The Labute approximate surface area is 108 Å². The van der Waals surface area contributed by atoms with Gasteiger partial charge in [-0.1, -0.05) is 37.0 Å². The standard InChI is InChI=1S/C9H4Cl2N2O2.C2H6/c10-5-1-2-7-6(3-5)9(11)8(4-12-7)13(14)15;1-2/h1-4H;1-2H3. The maximum absolute atomic E-state index is 10.6. The van der Waals surface area contributed by atoms with Crippen LogP contribution >= 0.6 is 23.2 Å². The molecule has 0 aliphatic rings. The largest absolute Gasteiger partial charge is 0.306 e. The van der Waals surface area contributed by atoms with Crippen LogP contribution in [0.15, 0.2) is 24.4 Å². The molecule has 0 fully saturated rings. The quantitative estimate of drug-likeness (QED) is 0.568. The normalized spacial score (nSPS) is 9.65. The van der Waals surface area contributed by atoms with Crippen molar-refractivity contribution in [2.75, 3.05) is 0 Å². The molecule has 0 aliphatic heterocycles. The molecular formula is C11H10Cl2N2O2. The molecule has 0 spiro atoms. The maximum atomic E-state index is 10.6. The minimum atomic E-state index is -0.574. The van der Waals surface area contributed by atoms with Gasteiger partial charge in [-0.2, -0.15) is 0 Å². The van der Waals surface area contributed by atoms with Gasteiger partial charge in [0.15, 0.2) is 0 Å². The molecule has 0 amide bonds. The second-order valence-electron chi connectivity index (χ2n) is 2.88. The lowest BCUT2D eigenvalue weighted by Gasteiger charge is -2.00. The van der Waals surface area contributed by atoms with E-state index in [0.717, 1.165) is 6.20 Å². The van der Waals surface area contributed by atoms with Gasteiger partial charge in [0.1, 0.15) is 11.2 Å². The Morgan fingerprint density at radius 2 is 1.94 bits per heavy atom. The summed E-state index contributed by atoms with van der Waals surface area (Å²) < 4.78 is 0. The number of hydrogen-bond acceptors (Lipinski definition) is 3. The molecule has 4 nitrogen and oxygen atoms in total.